The standard InChI is InChI=1S/C24H52O7Si4/c1-11-12-13-14-15-16-20-27-23(25)18-19-24(26)28-21-17-22-35(29-32(2,3)4,30-33(5,6)7)31-34(8,9)10/h18-19H,11-17,20-22H2,1-10H3. The van der Waals surface area contributed by atoms with Gasteiger partial charge in [-0.1, -0.05) is 39.0 Å². The number of carbonyl (C=O) groups is 2. The zero-order valence-electron chi connectivity index (χ0n) is 24.1. The lowest BCUT2D eigenvalue weighted by molar-refractivity contribution is -0.140. The lowest BCUT2D eigenvalue weighted by atomic mass is 10.1. The maximum absolute atomic E-state index is 12.1. The van der Waals surface area contributed by atoms with Crippen LogP contribution in [0.2, 0.25) is 65.0 Å². The second-order valence-electron chi connectivity index (χ2n) is 11.9. The van der Waals surface area contributed by atoms with Crippen LogP contribution in [0.1, 0.15) is 51.9 Å². The molecule has 0 aromatic rings. The molecule has 0 rings (SSSR count). The number of rotatable bonds is 19. The quantitative estimate of drug-likeness (QED) is 0.0732. The van der Waals surface area contributed by atoms with Gasteiger partial charge in [0.1, 0.15) is 0 Å². The highest BCUT2D eigenvalue weighted by atomic mass is 28.5. The van der Waals surface area contributed by atoms with Crippen molar-refractivity contribution in [3.8, 4) is 0 Å². The van der Waals surface area contributed by atoms with Gasteiger partial charge in [0.05, 0.1) is 13.2 Å². The Kier molecular flexibility index (Phi) is 16.0. The number of hydrogen-bond donors (Lipinski definition) is 0. The molecule has 206 valence electrons. The van der Waals surface area contributed by atoms with Gasteiger partial charge in [-0.05, 0) is 71.8 Å². The fourth-order valence-electron chi connectivity index (χ4n) is 3.36. The average Bonchev–Trinajstić information content (AvgIpc) is 2.65. The van der Waals surface area contributed by atoms with E-state index in [1.54, 1.807) is 0 Å². The summed E-state index contributed by atoms with van der Waals surface area (Å²) >= 11 is 0. The molecule has 0 saturated heterocycles. The van der Waals surface area contributed by atoms with Crippen LogP contribution in [-0.2, 0) is 31.4 Å². The van der Waals surface area contributed by atoms with Crippen molar-refractivity contribution in [1.29, 1.82) is 0 Å². The van der Waals surface area contributed by atoms with Gasteiger partial charge < -0.3 is 21.8 Å². The lowest BCUT2D eigenvalue weighted by Gasteiger charge is -2.42. The largest absolute Gasteiger partial charge is 0.469 e. The first-order chi connectivity index (χ1) is 16.0. The van der Waals surface area contributed by atoms with E-state index in [1.807, 2.05) is 0 Å². The highest BCUT2D eigenvalue weighted by Gasteiger charge is 2.49. The van der Waals surface area contributed by atoms with Gasteiger partial charge in [0.2, 0.25) is 0 Å². The van der Waals surface area contributed by atoms with Crippen molar-refractivity contribution in [2.45, 2.75) is 117 Å². The van der Waals surface area contributed by atoms with Crippen LogP contribution >= 0.6 is 0 Å². The minimum Gasteiger partial charge on any atom is -0.463 e. The first-order valence-corrected chi connectivity index (χ1v) is 25.2. The molecule has 0 bridgehead atoms. The van der Waals surface area contributed by atoms with Crippen LogP contribution in [0.3, 0.4) is 0 Å². The molecule has 0 aromatic carbocycles. The van der Waals surface area contributed by atoms with Crippen molar-refractivity contribution >= 4 is 45.7 Å². The van der Waals surface area contributed by atoms with Crippen molar-refractivity contribution < 1.29 is 31.4 Å². The number of carbonyl (C=O) groups excluding carboxylic acids is 2. The van der Waals surface area contributed by atoms with Crippen LogP contribution in [0.4, 0.5) is 0 Å². The average molecular weight is 565 g/mol. The monoisotopic (exact) mass is 564 g/mol. The van der Waals surface area contributed by atoms with Crippen molar-refractivity contribution in [2.24, 2.45) is 0 Å². The zero-order chi connectivity index (χ0) is 27.2. The number of hydrogen-bond acceptors (Lipinski definition) is 7. The van der Waals surface area contributed by atoms with E-state index in [0.717, 1.165) is 31.4 Å². The van der Waals surface area contributed by atoms with E-state index in [1.165, 1.54) is 19.3 Å². The molecule has 35 heavy (non-hydrogen) atoms. The van der Waals surface area contributed by atoms with E-state index < -0.39 is 45.7 Å². The third-order valence-corrected chi connectivity index (χ3v) is 16.4. The lowest BCUT2D eigenvalue weighted by Crippen LogP contribution is -2.60. The zero-order valence-corrected chi connectivity index (χ0v) is 28.1. The molecule has 0 fully saturated rings. The summed E-state index contributed by atoms with van der Waals surface area (Å²) in [7, 11) is -8.75. The molecule has 0 saturated carbocycles. The summed E-state index contributed by atoms with van der Waals surface area (Å²) in [6.45, 7) is 22.1. The Morgan fingerprint density at radius 2 is 0.943 bits per heavy atom. The minimum atomic E-state index is -2.94. The summed E-state index contributed by atoms with van der Waals surface area (Å²) in [6, 6.07) is 0.600. The molecule has 0 aliphatic rings. The van der Waals surface area contributed by atoms with E-state index >= 15 is 0 Å². The fraction of sp³-hybridized carbons (Fsp3) is 0.833. The molecular weight excluding hydrogens is 513 g/mol. The molecule has 11 heteroatoms. The van der Waals surface area contributed by atoms with Gasteiger partial charge >= 0.3 is 20.7 Å². The van der Waals surface area contributed by atoms with Gasteiger partial charge in [0.25, 0.3) is 0 Å². The van der Waals surface area contributed by atoms with Gasteiger partial charge in [-0.25, -0.2) is 9.59 Å². The molecule has 0 radical (unpaired) electrons. The van der Waals surface area contributed by atoms with E-state index in [4.69, 9.17) is 21.8 Å². The molecule has 0 heterocycles. The first-order valence-electron chi connectivity index (χ1n) is 13.1. The van der Waals surface area contributed by atoms with Crippen molar-refractivity contribution in [3.05, 3.63) is 12.2 Å². The SMILES string of the molecule is CCCCCCCCOC(=O)C=CC(=O)OCCC[Si](O[Si](C)(C)C)(O[Si](C)(C)C)O[Si](C)(C)C. The maximum Gasteiger partial charge on any atom is 0.469 e. The van der Waals surface area contributed by atoms with Crippen molar-refractivity contribution in [3.63, 3.8) is 0 Å². The van der Waals surface area contributed by atoms with E-state index in [2.05, 4.69) is 65.8 Å². The molecule has 0 aliphatic carbocycles. The molecule has 0 N–H and O–H groups in total. The highest BCUT2D eigenvalue weighted by Crippen LogP contribution is 2.29. The molecule has 0 aliphatic heterocycles. The van der Waals surface area contributed by atoms with E-state index in [0.29, 0.717) is 19.1 Å². The molecule has 7 nitrogen and oxygen atoms in total. The maximum atomic E-state index is 12.1. The third kappa shape index (κ3) is 21.2. The number of ether oxygens (including phenoxy) is 2. The van der Waals surface area contributed by atoms with E-state index in [9.17, 15) is 9.59 Å². The number of unbranched alkanes of at least 4 members (excludes halogenated alkanes) is 5. The molecule has 0 spiro atoms. The van der Waals surface area contributed by atoms with Crippen LogP contribution in [0.25, 0.3) is 0 Å². The molecular formula is C24H52O7Si4. The van der Waals surface area contributed by atoms with Gasteiger partial charge in [-0.3, -0.25) is 0 Å². The molecule has 0 unspecified atom stereocenters. The van der Waals surface area contributed by atoms with Gasteiger partial charge in [-0.15, -0.1) is 0 Å². The van der Waals surface area contributed by atoms with Crippen molar-refractivity contribution in [2.75, 3.05) is 13.2 Å². The second kappa shape index (κ2) is 16.3. The molecule has 0 atom stereocenters. The second-order valence-corrected chi connectivity index (χ2v) is 28.9. The topological polar surface area (TPSA) is 80.3 Å². The van der Waals surface area contributed by atoms with Crippen LogP contribution in [0, 0.1) is 0 Å². The Balaban J connectivity index is 4.70. The van der Waals surface area contributed by atoms with E-state index in [-0.39, 0.29) is 6.61 Å². The predicted molar refractivity (Wildman–Crippen MR) is 153 cm³/mol. The van der Waals surface area contributed by atoms with Gasteiger partial charge in [0.15, 0.2) is 25.0 Å². The summed E-state index contributed by atoms with van der Waals surface area (Å²) in [4.78, 5) is 23.8. The Labute approximate surface area is 219 Å². The Bertz CT molecular complexity index is 609. The van der Waals surface area contributed by atoms with Crippen LogP contribution in [0.5, 0.6) is 0 Å². The van der Waals surface area contributed by atoms with Crippen LogP contribution in [-0.4, -0.2) is 58.9 Å². The number of esters is 2. The Hall–Kier alpha value is -0.572. The highest BCUT2D eigenvalue weighted by molar-refractivity contribution is 6.90. The summed E-state index contributed by atoms with van der Waals surface area (Å²) in [5.74, 6) is -1.07. The summed E-state index contributed by atoms with van der Waals surface area (Å²) < 4.78 is 30.3. The Morgan fingerprint density at radius 1 is 0.571 bits per heavy atom. The molecule has 0 aromatic heterocycles. The van der Waals surface area contributed by atoms with Crippen LogP contribution < -0.4 is 0 Å². The third-order valence-electron chi connectivity index (χ3n) is 4.35. The van der Waals surface area contributed by atoms with Crippen LogP contribution in [0.15, 0.2) is 12.2 Å². The Morgan fingerprint density at radius 3 is 1.34 bits per heavy atom. The molecule has 0 amide bonds. The van der Waals surface area contributed by atoms with Crippen molar-refractivity contribution in [1.82, 2.24) is 0 Å². The smallest absolute Gasteiger partial charge is 0.463 e. The summed E-state index contributed by atoms with van der Waals surface area (Å²) in [5, 5.41) is 0. The summed E-state index contributed by atoms with van der Waals surface area (Å²) in [6.07, 6.45) is 9.57. The fourth-order valence-corrected chi connectivity index (χ4v) is 18.0. The van der Waals surface area contributed by atoms with Gasteiger partial charge in [0, 0.05) is 18.2 Å². The first kappa shape index (κ1) is 34.4. The summed E-state index contributed by atoms with van der Waals surface area (Å²) in [5.41, 5.74) is 0. The normalized spacial score (nSPS) is 13.3. The minimum absolute atomic E-state index is 0.212. The predicted octanol–water partition coefficient (Wildman–Crippen LogP) is 6.87. The van der Waals surface area contributed by atoms with Gasteiger partial charge in [-0.2, -0.15) is 0 Å².